The predicted molar refractivity (Wildman–Crippen MR) is 107 cm³/mol. The Morgan fingerprint density at radius 2 is 1.72 bits per heavy atom. The number of nitrogens with one attached hydrogen (secondary N) is 4. The van der Waals surface area contributed by atoms with E-state index in [0.717, 1.165) is 0 Å². The summed E-state index contributed by atoms with van der Waals surface area (Å²) in [7, 11) is 0. The van der Waals surface area contributed by atoms with Gasteiger partial charge >= 0.3 is 5.97 Å². The van der Waals surface area contributed by atoms with E-state index in [2.05, 4.69) is 25.9 Å². The van der Waals surface area contributed by atoms with Crippen molar-refractivity contribution in [3.05, 3.63) is 18.2 Å². The summed E-state index contributed by atoms with van der Waals surface area (Å²) in [5.41, 5.74) is 16.2. The number of aromatic amines is 1. The van der Waals surface area contributed by atoms with Gasteiger partial charge in [0.05, 0.1) is 25.3 Å². The number of aliphatic carboxylic acids is 1. The molecule has 0 aliphatic heterocycles. The minimum Gasteiger partial charge on any atom is -0.480 e. The molecule has 0 aromatic carbocycles. The second-order valence-electron chi connectivity index (χ2n) is 6.80. The van der Waals surface area contributed by atoms with Crippen LogP contribution >= 0.6 is 0 Å². The van der Waals surface area contributed by atoms with Crippen molar-refractivity contribution in [2.24, 2.45) is 17.2 Å². The first-order valence-corrected chi connectivity index (χ1v) is 9.39. The number of carbonyl (C=O) groups is 6. The highest BCUT2D eigenvalue weighted by atomic mass is 16.4. The molecule has 5 amide bonds. The van der Waals surface area contributed by atoms with E-state index in [1.165, 1.54) is 12.5 Å². The van der Waals surface area contributed by atoms with Crippen molar-refractivity contribution in [3.8, 4) is 0 Å². The fourth-order valence-electron chi connectivity index (χ4n) is 2.47. The number of primary amides is 2. The van der Waals surface area contributed by atoms with Gasteiger partial charge in [0.2, 0.25) is 29.5 Å². The van der Waals surface area contributed by atoms with E-state index in [9.17, 15) is 33.9 Å². The molecule has 0 aliphatic rings. The SMILES string of the molecule is NC(=O)CCC(N)C(=O)NC(CC(N)=O)C(=O)NCC(=O)NC(Cc1cnc[nH]1)C(=O)O. The predicted octanol–water partition coefficient (Wildman–Crippen LogP) is -4.41. The monoisotopic (exact) mass is 454 g/mol. The van der Waals surface area contributed by atoms with Crippen molar-refractivity contribution in [2.75, 3.05) is 6.54 Å². The summed E-state index contributed by atoms with van der Waals surface area (Å²) in [6, 6.07) is -3.90. The molecule has 0 spiro atoms. The molecule has 0 aliphatic carbocycles. The molecule has 0 saturated heterocycles. The number of nitrogens with zero attached hydrogens (tertiary/aromatic N) is 1. The maximum Gasteiger partial charge on any atom is 0.326 e. The molecule has 11 N–H and O–H groups in total. The van der Waals surface area contributed by atoms with E-state index >= 15 is 0 Å². The van der Waals surface area contributed by atoms with Gasteiger partial charge in [-0.3, -0.25) is 24.0 Å². The maximum atomic E-state index is 12.3. The highest BCUT2D eigenvalue weighted by Crippen LogP contribution is 2.00. The molecule has 1 heterocycles. The molecule has 1 aromatic rings. The highest BCUT2D eigenvalue weighted by molar-refractivity contribution is 5.95. The van der Waals surface area contributed by atoms with Crippen molar-refractivity contribution >= 4 is 35.5 Å². The largest absolute Gasteiger partial charge is 0.480 e. The first-order chi connectivity index (χ1) is 15.0. The molecule has 15 nitrogen and oxygen atoms in total. The van der Waals surface area contributed by atoms with Crippen LogP contribution in [0, 0.1) is 0 Å². The minimum atomic E-state index is -1.44. The minimum absolute atomic E-state index is 0.0709. The van der Waals surface area contributed by atoms with Crippen LogP contribution in [0.25, 0.3) is 0 Å². The molecule has 0 bridgehead atoms. The van der Waals surface area contributed by atoms with E-state index in [1.807, 2.05) is 0 Å². The van der Waals surface area contributed by atoms with Gasteiger partial charge in [-0.15, -0.1) is 0 Å². The van der Waals surface area contributed by atoms with Crippen LogP contribution in [0.1, 0.15) is 25.0 Å². The molecule has 3 unspecified atom stereocenters. The maximum absolute atomic E-state index is 12.3. The second kappa shape index (κ2) is 12.6. The van der Waals surface area contributed by atoms with Crippen LogP contribution in [0.3, 0.4) is 0 Å². The molecule has 32 heavy (non-hydrogen) atoms. The lowest BCUT2D eigenvalue weighted by Crippen LogP contribution is -2.54. The Hall–Kier alpha value is -4.01. The third-order valence-corrected chi connectivity index (χ3v) is 4.11. The zero-order chi connectivity index (χ0) is 24.3. The number of carboxylic acids is 1. The number of hydrogen-bond acceptors (Lipinski definition) is 8. The molecular formula is C17H26N8O7. The standard InChI is InChI=1S/C17H26N8O7/c18-9(1-2-12(19)26)15(29)25-10(4-13(20)27)16(30)22-6-14(28)24-11(17(31)32)3-8-5-21-7-23-8/h5,7,9-11H,1-4,6,18H2,(H2,19,26)(H2,20,27)(H,21,23)(H,22,30)(H,24,28)(H,25,29)(H,31,32). The number of amides is 5. The molecule has 15 heteroatoms. The van der Waals surface area contributed by atoms with Gasteiger partial charge < -0.3 is 43.2 Å². The number of H-pyrrole nitrogens is 1. The van der Waals surface area contributed by atoms with E-state index in [4.69, 9.17) is 17.2 Å². The molecular weight excluding hydrogens is 428 g/mol. The Kier molecular flexibility index (Phi) is 10.3. The van der Waals surface area contributed by atoms with Crippen LogP contribution in [-0.2, 0) is 35.2 Å². The lowest BCUT2D eigenvalue weighted by Gasteiger charge is -2.20. The summed E-state index contributed by atoms with van der Waals surface area (Å²) in [6.07, 6.45) is 1.85. The van der Waals surface area contributed by atoms with Crippen molar-refractivity contribution < 1.29 is 33.9 Å². The van der Waals surface area contributed by atoms with Gasteiger partial charge in [-0.05, 0) is 6.42 Å². The van der Waals surface area contributed by atoms with E-state index in [-0.39, 0.29) is 19.3 Å². The number of nitrogens with two attached hydrogens (primary N) is 3. The van der Waals surface area contributed by atoms with Gasteiger partial charge in [0.25, 0.3) is 0 Å². The van der Waals surface area contributed by atoms with Crippen LogP contribution in [-0.4, -0.2) is 75.2 Å². The average Bonchev–Trinajstić information content (AvgIpc) is 3.21. The Morgan fingerprint density at radius 3 is 2.25 bits per heavy atom. The third-order valence-electron chi connectivity index (χ3n) is 4.11. The number of rotatable bonds is 14. The molecule has 1 rings (SSSR count). The van der Waals surface area contributed by atoms with Gasteiger partial charge in [0.1, 0.15) is 12.1 Å². The smallest absolute Gasteiger partial charge is 0.326 e. The summed E-state index contributed by atoms with van der Waals surface area (Å²) in [5, 5.41) is 15.9. The van der Waals surface area contributed by atoms with Crippen LogP contribution in [0.5, 0.6) is 0 Å². The number of imidazole rings is 1. The van der Waals surface area contributed by atoms with Gasteiger partial charge in [-0.2, -0.15) is 0 Å². The second-order valence-corrected chi connectivity index (χ2v) is 6.80. The Bertz CT molecular complexity index is 842. The van der Waals surface area contributed by atoms with Crippen molar-refractivity contribution in [1.82, 2.24) is 25.9 Å². The molecule has 3 atom stereocenters. The van der Waals surface area contributed by atoms with Crippen LogP contribution < -0.4 is 33.2 Å². The van der Waals surface area contributed by atoms with Crippen molar-refractivity contribution in [2.45, 2.75) is 43.8 Å². The van der Waals surface area contributed by atoms with Gasteiger partial charge in [-0.25, -0.2) is 9.78 Å². The number of carbonyl (C=O) groups excluding carboxylic acids is 5. The first kappa shape index (κ1) is 26.0. The van der Waals surface area contributed by atoms with Crippen LogP contribution in [0.2, 0.25) is 0 Å². The quantitative estimate of drug-likeness (QED) is 0.135. The molecule has 0 radical (unpaired) electrons. The fourth-order valence-corrected chi connectivity index (χ4v) is 2.47. The van der Waals surface area contributed by atoms with Crippen LogP contribution in [0.4, 0.5) is 0 Å². The zero-order valence-electron chi connectivity index (χ0n) is 17.0. The Balaban J connectivity index is 2.63. The fraction of sp³-hybridized carbons (Fsp3) is 0.471. The van der Waals surface area contributed by atoms with Gasteiger partial charge in [0, 0.05) is 24.7 Å². The molecule has 0 saturated carbocycles. The zero-order valence-corrected chi connectivity index (χ0v) is 17.0. The average molecular weight is 454 g/mol. The Morgan fingerprint density at radius 1 is 1.03 bits per heavy atom. The normalized spacial score (nSPS) is 13.3. The van der Waals surface area contributed by atoms with E-state index < -0.39 is 66.6 Å². The first-order valence-electron chi connectivity index (χ1n) is 9.39. The van der Waals surface area contributed by atoms with Crippen molar-refractivity contribution in [1.29, 1.82) is 0 Å². The van der Waals surface area contributed by atoms with E-state index in [0.29, 0.717) is 5.69 Å². The lowest BCUT2D eigenvalue weighted by atomic mass is 10.1. The number of hydrogen-bond donors (Lipinski definition) is 8. The topological polar surface area (TPSA) is 265 Å². The van der Waals surface area contributed by atoms with Crippen LogP contribution in [0.15, 0.2) is 12.5 Å². The lowest BCUT2D eigenvalue weighted by molar-refractivity contribution is -0.141. The molecule has 1 aromatic heterocycles. The van der Waals surface area contributed by atoms with Crippen molar-refractivity contribution in [3.63, 3.8) is 0 Å². The summed E-state index contributed by atoms with van der Waals surface area (Å²) in [4.78, 5) is 76.3. The van der Waals surface area contributed by atoms with Gasteiger partial charge in [0.15, 0.2) is 0 Å². The van der Waals surface area contributed by atoms with E-state index in [1.54, 1.807) is 0 Å². The van der Waals surface area contributed by atoms with Gasteiger partial charge in [-0.1, -0.05) is 0 Å². The number of aromatic nitrogens is 2. The Labute approximate surface area is 181 Å². The summed E-state index contributed by atoms with van der Waals surface area (Å²) in [6.45, 7) is -0.634. The third kappa shape index (κ3) is 9.66. The summed E-state index contributed by atoms with van der Waals surface area (Å²) >= 11 is 0. The summed E-state index contributed by atoms with van der Waals surface area (Å²) in [5.74, 6) is -5.46. The molecule has 0 fully saturated rings. The highest BCUT2D eigenvalue weighted by Gasteiger charge is 2.27. The number of carboxylic acid groups (broad SMARTS) is 1. The molecule has 176 valence electrons. The summed E-state index contributed by atoms with van der Waals surface area (Å²) < 4.78 is 0.